The third kappa shape index (κ3) is 7.36. The van der Waals surface area contributed by atoms with Crippen molar-refractivity contribution in [2.24, 2.45) is 5.73 Å². The smallest absolute Gasteiger partial charge is 0.237 e. The van der Waals surface area contributed by atoms with Crippen molar-refractivity contribution < 1.29 is 9.53 Å². The molecule has 24 heavy (non-hydrogen) atoms. The molecular formula is C16H20Cl3N3O2. The molecule has 0 spiro atoms. The summed E-state index contributed by atoms with van der Waals surface area (Å²) in [6, 6.07) is 12.5. The van der Waals surface area contributed by atoms with Gasteiger partial charge in [0.25, 0.3) is 0 Å². The van der Waals surface area contributed by atoms with E-state index in [2.05, 4.69) is 10.3 Å². The fraction of sp³-hybridized carbons (Fsp3) is 0.250. The highest BCUT2D eigenvalue weighted by molar-refractivity contribution is 6.31. The molecule has 0 radical (unpaired) electrons. The van der Waals surface area contributed by atoms with Gasteiger partial charge < -0.3 is 15.8 Å². The summed E-state index contributed by atoms with van der Waals surface area (Å²) in [4.78, 5) is 15.9. The van der Waals surface area contributed by atoms with Crippen LogP contribution in [0.15, 0.2) is 48.7 Å². The van der Waals surface area contributed by atoms with E-state index in [-0.39, 0.29) is 37.3 Å². The summed E-state index contributed by atoms with van der Waals surface area (Å²) < 4.78 is 5.39. The number of nitrogens with two attached hydrogens (primary N) is 1. The average molecular weight is 393 g/mol. The van der Waals surface area contributed by atoms with Crippen molar-refractivity contribution in [2.75, 3.05) is 13.2 Å². The van der Waals surface area contributed by atoms with Crippen molar-refractivity contribution >= 4 is 42.3 Å². The number of nitrogens with one attached hydrogen (secondary N) is 1. The third-order valence-electron chi connectivity index (χ3n) is 3.00. The molecule has 1 aromatic heterocycles. The van der Waals surface area contributed by atoms with Gasteiger partial charge in [0, 0.05) is 6.20 Å². The number of hydrogen-bond donors (Lipinski definition) is 2. The SMILES string of the molecule is Cl.Cl.NC(Cc1ccccc1)C(=O)NCCOc1ncccc1Cl. The van der Waals surface area contributed by atoms with Crippen LogP contribution in [0.1, 0.15) is 5.56 Å². The summed E-state index contributed by atoms with van der Waals surface area (Å²) in [7, 11) is 0. The third-order valence-corrected chi connectivity index (χ3v) is 3.29. The lowest BCUT2D eigenvalue weighted by molar-refractivity contribution is -0.122. The summed E-state index contributed by atoms with van der Waals surface area (Å²) in [5.74, 6) is 0.145. The number of aromatic nitrogens is 1. The Kier molecular flexibility index (Phi) is 11.2. The molecule has 0 saturated heterocycles. The lowest BCUT2D eigenvalue weighted by Gasteiger charge is -2.13. The first-order valence-electron chi connectivity index (χ1n) is 6.97. The second-order valence-electron chi connectivity index (χ2n) is 4.73. The molecule has 132 valence electrons. The number of amides is 1. The van der Waals surface area contributed by atoms with Gasteiger partial charge in [0.05, 0.1) is 12.6 Å². The maximum absolute atomic E-state index is 11.9. The fourth-order valence-electron chi connectivity index (χ4n) is 1.89. The summed E-state index contributed by atoms with van der Waals surface area (Å²) in [6.45, 7) is 0.620. The van der Waals surface area contributed by atoms with Crippen LogP contribution in [0.4, 0.5) is 0 Å². The van der Waals surface area contributed by atoms with Crippen molar-refractivity contribution in [3.63, 3.8) is 0 Å². The predicted octanol–water partition coefficient (Wildman–Crippen LogP) is 2.64. The van der Waals surface area contributed by atoms with Gasteiger partial charge in [0.15, 0.2) is 0 Å². The number of pyridine rings is 1. The zero-order valence-electron chi connectivity index (χ0n) is 12.9. The normalized spacial score (nSPS) is 10.8. The van der Waals surface area contributed by atoms with Crippen LogP contribution in [0.25, 0.3) is 0 Å². The van der Waals surface area contributed by atoms with E-state index in [1.165, 1.54) is 0 Å². The number of nitrogens with zero attached hydrogens (tertiary/aromatic N) is 1. The maximum Gasteiger partial charge on any atom is 0.237 e. The highest BCUT2D eigenvalue weighted by Gasteiger charge is 2.13. The number of benzene rings is 1. The number of hydrogen-bond acceptors (Lipinski definition) is 4. The number of rotatable bonds is 7. The average Bonchev–Trinajstić information content (AvgIpc) is 2.53. The Bertz CT molecular complexity index is 615. The first kappa shape index (κ1) is 22.5. The zero-order chi connectivity index (χ0) is 15.8. The topological polar surface area (TPSA) is 77.2 Å². The molecule has 1 unspecified atom stereocenters. The van der Waals surface area contributed by atoms with Gasteiger partial charge in [-0.3, -0.25) is 4.79 Å². The van der Waals surface area contributed by atoms with Crippen molar-refractivity contribution in [1.29, 1.82) is 0 Å². The van der Waals surface area contributed by atoms with Crippen LogP contribution in [-0.2, 0) is 11.2 Å². The molecule has 0 aliphatic carbocycles. The monoisotopic (exact) mass is 391 g/mol. The maximum atomic E-state index is 11.9. The van der Waals surface area contributed by atoms with Crippen LogP contribution in [0, 0.1) is 0 Å². The molecule has 2 aromatic rings. The van der Waals surface area contributed by atoms with Crippen LogP contribution < -0.4 is 15.8 Å². The van der Waals surface area contributed by atoms with Crippen LogP contribution >= 0.6 is 36.4 Å². The Morgan fingerprint density at radius 3 is 2.58 bits per heavy atom. The molecule has 1 atom stereocenters. The zero-order valence-corrected chi connectivity index (χ0v) is 15.2. The number of carbonyl (C=O) groups is 1. The number of ether oxygens (including phenoxy) is 1. The first-order valence-corrected chi connectivity index (χ1v) is 7.35. The van der Waals surface area contributed by atoms with Crippen LogP contribution in [-0.4, -0.2) is 30.1 Å². The Balaban J connectivity index is 0.00000264. The van der Waals surface area contributed by atoms with Crippen LogP contribution in [0.2, 0.25) is 5.02 Å². The van der Waals surface area contributed by atoms with E-state index in [1.54, 1.807) is 18.3 Å². The molecule has 0 bridgehead atoms. The molecule has 1 heterocycles. The molecule has 3 N–H and O–H groups in total. The Morgan fingerprint density at radius 1 is 1.21 bits per heavy atom. The van der Waals surface area contributed by atoms with Crippen molar-refractivity contribution in [3.05, 3.63) is 59.2 Å². The molecule has 0 fully saturated rings. The van der Waals surface area contributed by atoms with Gasteiger partial charge in [-0.2, -0.15) is 0 Å². The lowest BCUT2D eigenvalue weighted by atomic mass is 10.1. The molecule has 0 aliphatic rings. The highest BCUT2D eigenvalue weighted by Crippen LogP contribution is 2.19. The van der Waals surface area contributed by atoms with E-state index in [4.69, 9.17) is 22.1 Å². The van der Waals surface area contributed by atoms with E-state index in [1.807, 2.05) is 30.3 Å². The molecular weight excluding hydrogens is 373 g/mol. The number of carbonyl (C=O) groups excluding carboxylic acids is 1. The standard InChI is InChI=1S/C16H18ClN3O2.2ClH/c17-13-7-4-8-20-16(13)22-10-9-19-15(21)14(18)11-12-5-2-1-3-6-12;;/h1-8,14H,9-11,18H2,(H,19,21);2*1H. The van der Waals surface area contributed by atoms with Gasteiger partial charge in [-0.1, -0.05) is 41.9 Å². The van der Waals surface area contributed by atoms with E-state index in [0.717, 1.165) is 5.56 Å². The van der Waals surface area contributed by atoms with E-state index in [9.17, 15) is 4.79 Å². The second kappa shape index (κ2) is 11.9. The Morgan fingerprint density at radius 2 is 1.92 bits per heavy atom. The largest absolute Gasteiger partial charge is 0.475 e. The molecule has 5 nitrogen and oxygen atoms in total. The summed E-state index contributed by atoms with van der Waals surface area (Å²) >= 11 is 5.91. The van der Waals surface area contributed by atoms with E-state index < -0.39 is 6.04 Å². The van der Waals surface area contributed by atoms with Gasteiger partial charge in [0.1, 0.15) is 11.6 Å². The fourth-order valence-corrected chi connectivity index (χ4v) is 2.07. The quantitative estimate of drug-likeness (QED) is 0.710. The van der Waals surface area contributed by atoms with E-state index >= 15 is 0 Å². The summed E-state index contributed by atoms with van der Waals surface area (Å²) in [5, 5.41) is 3.17. The molecule has 1 aromatic carbocycles. The van der Waals surface area contributed by atoms with Gasteiger partial charge in [-0.25, -0.2) is 4.98 Å². The van der Waals surface area contributed by atoms with Crippen LogP contribution in [0.3, 0.4) is 0 Å². The molecule has 1 amide bonds. The Hall–Kier alpha value is -1.53. The molecule has 2 rings (SSSR count). The highest BCUT2D eigenvalue weighted by atomic mass is 35.5. The predicted molar refractivity (Wildman–Crippen MR) is 100 cm³/mol. The van der Waals surface area contributed by atoms with Crippen LogP contribution in [0.5, 0.6) is 5.88 Å². The van der Waals surface area contributed by atoms with Crippen molar-refractivity contribution in [3.8, 4) is 5.88 Å². The summed E-state index contributed by atoms with van der Waals surface area (Å²) in [6.07, 6.45) is 2.09. The van der Waals surface area contributed by atoms with Gasteiger partial charge in [-0.05, 0) is 24.1 Å². The molecule has 0 aliphatic heterocycles. The second-order valence-corrected chi connectivity index (χ2v) is 5.13. The first-order chi connectivity index (χ1) is 10.7. The Labute approximate surface area is 158 Å². The minimum absolute atomic E-state index is 0. The van der Waals surface area contributed by atoms with Crippen molar-refractivity contribution in [2.45, 2.75) is 12.5 Å². The van der Waals surface area contributed by atoms with Gasteiger partial charge in [0.2, 0.25) is 11.8 Å². The minimum Gasteiger partial charge on any atom is -0.475 e. The number of halogens is 3. The molecule has 0 saturated carbocycles. The van der Waals surface area contributed by atoms with Gasteiger partial charge >= 0.3 is 0 Å². The van der Waals surface area contributed by atoms with Gasteiger partial charge in [-0.15, -0.1) is 24.8 Å². The molecule has 8 heteroatoms. The van der Waals surface area contributed by atoms with Crippen molar-refractivity contribution in [1.82, 2.24) is 10.3 Å². The summed E-state index contributed by atoms with van der Waals surface area (Å²) in [5.41, 5.74) is 6.91. The minimum atomic E-state index is -0.583. The van der Waals surface area contributed by atoms with E-state index in [0.29, 0.717) is 23.9 Å². The lowest BCUT2D eigenvalue weighted by Crippen LogP contribution is -2.43.